The second-order valence-corrected chi connectivity index (χ2v) is 6.86. The molecule has 0 spiro atoms. The van der Waals surface area contributed by atoms with Gasteiger partial charge in [-0.15, -0.1) is 11.3 Å². The minimum Gasteiger partial charge on any atom is -0.497 e. The normalized spacial score (nSPS) is 10.3. The summed E-state index contributed by atoms with van der Waals surface area (Å²) in [5, 5.41) is 9.15. The first-order valence-electron chi connectivity index (χ1n) is 8.06. The molecule has 1 amide bonds. The number of halogens is 1. The van der Waals surface area contributed by atoms with Crippen LogP contribution >= 0.6 is 22.9 Å². The molecular formula is C19H18ClN3O3S. The summed E-state index contributed by atoms with van der Waals surface area (Å²) in [6, 6.07) is 12.4. The van der Waals surface area contributed by atoms with Crippen molar-refractivity contribution in [1.29, 1.82) is 0 Å². The maximum Gasteiger partial charge on any atom is 0.230 e. The zero-order valence-electron chi connectivity index (χ0n) is 14.8. The molecule has 1 aromatic heterocycles. The number of thiazole rings is 1. The van der Waals surface area contributed by atoms with Crippen LogP contribution in [0.3, 0.4) is 0 Å². The van der Waals surface area contributed by atoms with Crippen LogP contribution < -0.4 is 20.1 Å². The Morgan fingerprint density at radius 3 is 2.63 bits per heavy atom. The third kappa shape index (κ3) is 5.12. The van der Waals surface area contributed by atoms with Gasteiger partial charge in [0, 0.05) is 22.2 Å². The summed E-state index contributed by atoms with van der Waals surface area (Å²) in [6.07, 6.45) is 0.177. The summed E-state index contributed by atoms with van der Waals surface area (Å²) >= 11 is 7.25. The van der Waals surface area contributed by atoms with Gasteiger partial charge in [-0.1, -0.05) is 11.6 Å². The van der Waals surface area contributed by atoms with E-state index in [4.69, 9.17) is 21.1 Å². The van der Waals surface area contributed by atoms with Crippen LogP contribution in [0.25, 0.3) is 0 Å². The predicted molar refractivity (Wildman–Crippen MR) is 109 cm³/mol. The van der Waals surface area contributed by atoms with E-state index in [1.165, 1.54) is 11.3 Å². The number of anilines is 3. The number of carbonyl (C=O) groups excluding carboxylic acids is 1. The molecule has 0 fully saturated rings. The van der Waals surface area contributed by atoms with Crippen LogP contribution in [-0.4, -0.2) is 25.1 Å². The van der Waals surface area contributed by atoms with Crippen molar-refractivity contribution < 1.29 is 14.3 Å². The molecule has 27 heavy (non-hydrogen) atoms. The Morgan fingerprint density at radius 2 is 1.93 bits per heavy atom. The van der Waals surface area contributed by atoms with Gasteiger partial charge in [0.15, 0.2) is 5.13 Å². The highest BCUT2D eigenvalue weighted by Crippen LogP contribution is 2.32. The second-order valence-electron chi connectivity index (χ2n) is 5.57. The van der Waals surface area contributed by atoms with Gasteiger partial charge in [-0.25, -0.2) is 4.98 Å². The number of hydrogen-bond donors (Lipinski definition) is 2. The first-order valence-corrected chi connectivity index (χ1v) is 9.32. The van der Waals surface area contributed by atoms with Crippen molar-refractivity contribution in [1.82, 2.24) is 4.98 Å². The van der Waals surface area contributed by atoms with Gasteiger partial charge in [0.05, 0.1) is 32.0 Å². The molecule has 0 aliphatic heterocycles. The molecule has 2 N–H and O–H groups in total. The highest BCUT2D eigenvalue weighted by molar-refractivity contribution is 7.13. The standard InChI is InChI=1S/C19H18ClN3O3S/c1-25-15-7-8-17(26-2)16(10-15)23-19-22-14(11-27-19)9-18(24)21-13-5-3-12(20)4-6-13/h3-8,10-11H,9H2,1-2H3,(H,21,24)(H,22,23). The molecule has 2 aromatic carbocycles. The number of nitrogens with one attached hydrogen (secondary N) is 2. The number of methoxy groups -OCH3 is 2. The molecule has 6 nitrogen and oxygen atoms in total. The van der Waals surface area contributed by atoms with E-state index in [-0.39, 0.29) is 12.3 Å². The number of hydrogen-bond acceptors (Lipinski definition) is 6. The van der Waals surface area contributed by atoms with Crippen molar-refractivity contribution in [2.75, 3.05) is 24.9 Å². The average Bonchev–Trinajstić information content (AvgIpc) is 3.10. The highest BCUT2D eigenvalue weighted by Gasteiger charge is 2.11. The van der Waals surface area contributed by atoms with E-state index in [1.807, 2.05) is 23.6 Å². The lowest BCUT2D eigenvalue weighted by Gasteiger charge is -2.10. The minimum atomic E-state index is -0.145. The third-order valence-corrected chi connectivity index (χ3v) is 4.73. The van der Waals surface area contributed by atoms with Crippen molar-refractivity contribution in [3.05, 3.63) is 58.6 Å². The Hall–Kier alpha value is -2.77. The molecule has 0 saturated carbocycles. The van der Waals surface area contributed by atoms with Crippen LogP contribution in [0.2, 0.25) is 5.02 Å². The molecule has 140 valence electrons. The zero-order valence-corrected chi connectivity index (χ0v) is 16.4. The molecule has 0 aliphatic carbocycles. The number of aromatic nitrogens is 1. The van der Waals surface area contributed by atoms with Crippen LogP contribution in [0, 0.1) is 0 Å². The second kappa shape index (κ2) is 8.75. The number of ether oxygens (including phenoxy) is 2. The number of amides is 1. The Kier molecular flexibility index (Phi) is 6.16. The lowest BCUT2D eigenvalue weighted by Crippen LogP contribution is -2.14. The number of carbonyl (C=O) groups is 1. The van der Waals surface area contributed by atoms with Crippen LogP contribution in [0.1, 0.15) is 5.69 Å². The molecule has 0 aliphatic rings. The molecule has 1 heterocycles. The van der Waals surface area contributed by atoms with Crippen molar-refractivity contribution in [2.24, 2.45) is 0 Å². The van der Waals surface area contributed by atoms with Crippen LogP contribution in [0.5, 0.6) is 11.5 Å². The topological polar surface area (TPSA) is 72.5 Å². The summed E-state index contributed by atoms with van der Waals surface area (Å²) in [4.78, 5) is 16.6. The molecule has 3 aromatic rings. The molecule has 0 bridgehead atoms. The molecule has 0 atom stereocenters. The SMILES string of the molecule is COc1ccc(OC)c(Nc2nc(CC(=O)Nc3ccc(Cl)cc3)cs2)c1. The van der Waals surface area contributed by atoms with Gasteiger partial charge in [0.25, 0.3) is 0 Å². The van der Waals surface area contributed by atoms with Gasteiger partial charge in [-0.05, 0) is 36.4 Å². The predicted octanol–water partition coefficient (Wildman–Crippen LogP) is 4.74. The number of nitrogens with zero attached hydrogens (tertiary/aromatic N) is 1. The van der Waals surface area contributed by atoms with Crippen LogP contribution in [0.15, 0.2) is 47.8 Å². The monoisotopic (exact) mass is 403 g/mol. The Labute approximate surface area is 166 Å². The van der Waals surface area contributed by atoms with E-state index >= 15 is 0 Å². The summed E-state index contributed by atoms with van der Waals surface area (Å²) in [5.74, 6) is 1.23. The summed E-state index contributed by atoms with van der Waals surface area (Å²) in [6.45, 7) is 0. The average molecular weight is 404 g/mol. The Balaban J connectivity index is 1.64. The number of benzene rings is 2. The molecular weight excluding hydrogens is 386 g/mol. The van der Waals surface area contributed by atoms with Gasteiger partial charge >= 0.3 is 0 Å². The van der Waals surface area contributed by atoms with Crippen molar-refractivity contribution in [2.45, 2.75) is 6.42 Å². The molecule has 0 radical (unpaired) electrons. The Morgan fingerprint density at radius 1 is 1.15 bits per heavy atom. The van der Waals surface area contributed by atoms with Crippen LogP contribution in [0.4, 0.5) is 16.5 Å². The van der Waals surface area contributed by atoms with Crippen molar-refractivity contribution in [3.63, 3.8) is 0 Å². The van der Waals surface area contributed by atoms with Crippen molar-refractivity contribution >= 4 is 45.4 Å². The quantitative estimate of drug-likeness (QED) is 0.596. The lowest BCUT2D eigenvalue weighted by molar-refractivity contribution is -0.115. The van der Waals surface area contributed by atoms with E-state index in [0.29, 0.717) is 33.0 Å². The summed E-state index contributed by atoms with van der Waals surface area (Å²) in [7, 11) is 3.20. The largest absolute Gasteiger partial charge is 0.497 e. The number of rotatable bonds is 7. The first-order chi connectivity index (χ1) is 13.1. The van der Waals surface area contributed by atoms with Gasteiger partial charge < -0.3 is 20.1 Å². The smallest absolute Gasteiger partial charge is 0.230 e. The molecule has 0 unspecified atom stereocenters. The van der Waals surface area contributed by atoms with E-state index < -0.39 is 0 Å². The van der Waals surface area contributed by atoms with Gasteiger partial charge in [-0.2, -0.15) is 0 Å². The first kappa shape index (κ1) is 19.0. The molecule has 0 saturated heterocycles. The molecule has 8 heteroatoms. The minimum absolute atomic E-state index is 0.145. The fraction of sp³-hybridized carbons (Fsp3) is 0.158. The van der Waals surface area contributed by atoms with Crippen LogP contribution in [-0.2, 0) is 11.2 Å². The highest BCUT2D eigenvalue weighted by atomic mass is 35.5. The summed E-state index contributed by atoms with van der Waals surface area (Å²) in [5.41, 5.74) is 2.11. The molecule has 3 rings (SSSR count). The maximum atomic E-state index is 12.2. The fourth-order valence-corrected chi connectivity index (χ4v) is 3.22. The van der Waals surface area contributed by atoms with Gasteiger partial charge in [0.1, 0.15) is 11.5 Å². The maximum absolute atomic E-state index is 12.2. The third-order valence-electron chi connectivity index (χ3n) is 3.67. The lowest BCUT2D eigenvalue weighted by atomic mass is 10.2. The van der Waals surface area contributed by atoms with Gasteiger partial charge in [0.2, 0.25) is 5.91 Å². The van der Waals surface area contributed by atoms with E-state index in [1.54, 1.807) is 38.5 Å². The van der Waals surface area contributed by atoms with Crippen molar-refractivity contribution in [3.8, 4) is 11.5 Å². The van der Waals surface area contributed by atoms with E-state index in [0.717, 1.165) is 5.69 Å². The van der Waals surface area contributed by atoms with E-state index in [2.05, 4.69) is 15.6 Å². The summed E-state index contributed by atoms with van der Waals surface area (Å²) < 4.78 is 10.6. The Bertz CT molecular complexity index is 928. The zero-order chi connectivity index (χ0) is 19.2. The fourth-order valence-electron chi connectivity index (χ4n) is 2.38. The van der Waals surface area contributed by atoms with Gasteiger partial charge in [-0.3, -0.25) is 4.79 Å². The van der Waals surface area contributed by atoms with E-state index in [9.17, 15) is 4.79 Å².